The molecule has 1 fully saturated rings. The predicted molar refractivity (Wildman–Crippen MR) is 119 cm³/mol. The molecule has 0 N–H and O–H groups in total. The molecule has 1 unspecified atom stereocenters. The van der Waals surface area contributed by atoms with Crippen molar-refractivity contribution in [3.8, 4) is 11.5 Å². The van der Waals surface area contributed by atoms with Crippen LogP contribution in [0, 0.1) is 5.82 Å². The number of ether oxygens (including phenoxy) is 3. The van der Waals surface area contributed by atoms with E-state index in [0.717, 1.165) is 18.4 Å². The highest BCUT2D eigenvalue weighted by Gasteiger charge is 2.25. The zero-order chi connectivity index (χ0) is 21.8. The van der Waals surface area contributed by atoms with Crippen molar-refractivity contribution in [1.82, 2.24) is 4.98 Å². The number of anilines is 1. The molecule has 1 amide bonds. The first-order valence-electron chi connectivity index (χ1n) is 9.97. The van der Waals surface area contributed by atoms with Gasteiger partial charge in [-0.1, -0.05) is 23.5 Å². The number of hydrogen-bond acceptors (Lipinski definition) is 6. The molecule has 3 aromatic rings. The zero-order valence-corrected chi connectivity index (χ0v) is 18.2. The number of rotatable bonds is 7. The molecule has 1 aromatic heterocycles. The fraction of sp³-hybridized carbons (Fsp3) is 0.304. The second-order valence-electron chi connectivity index (χ2n) is 7.11. The van der Waals surface area contributed by atoms with Crippen LogP contribution in [0.3, 0.4) is 0 Å². The molecule has 0 bridgehead atoms. The fourth-order valence-corrected chi connectivity index (χ4v) is 4.48. The Morgan fingerprint density at radius 3 is 2.84 bits per heavy atom. The van der Waals surface area contributed by atoms with E-state index in [2.05, 4.69) is 4.98 Å². The summed E-state index contributed by atoms with van der Waals surface area (Å²) in [6.45, 7) is 1.05. The molecule has 31 heavy (non-hydrogen) atoms. The van der Waals surface area contributed by atoms with Gasteiger partial charge in [-0.3, -0.25) is 9.69 Å². The van der Waals surface area contributed by atoms with Crippen LogP contribution in [0.4, 0.5) is 9.52 Å². The highest BCUT2D eigenvalue weighted by molar-refractivity contribution is 7.22. The number of aromatic nitrogens is 1. The molecular formula is C23H23FN2O4S. The van der Waals surface area contributed by atoms with Gasteiger partial charge in [-0.05, 0) is 48.7 Å². The summed E-state index contributed by atoms with van der Waals surface area (Å²) in [5, 5.41) is 0.456. The summed E-state index contributed by atoms with van der Waals surface area (Å²) < 4.78 is 31.1. The molecule has 6 nitrogen and oxygen atoms in total. The maximum absolute atomic E-state index is 14.2. The molecule has 4 rings (SSSR count). The number of halogens is 1. The van der Waals surface area contributed by atoms with Crippen molar-refractivity contribution in [1.29, 1.82) is 0 Å². The second-order valence-corrected chi connectivity index (χ2v) is 8.12. The van der Waals surface area contributed by atoms with Gasteiger partial charge in [-0.2, -0.15) is 0 Å². The van der Waals surface area contributed by atoms with Crippen LogP contribution >= 0.6 is 11.3 Å². The van der Waals surface area contributed by atoms with E-state index in [1.807, 2.05) is 6.07 Å². The normalized spacial score (nSPS) is 16.2. The number of benzene rings is 2. The molecule has 2 heterocycles. The maximum Gasteiger partial charge on any atom is 0.252 e. The van der Waals surface area contributed by atoms with Gasteiger partial charge < -0.3 is 14.2 Å². The minimum absolute atomic E-state index is 0.0599. The number of para-hydroxylation sites is 1. The van der Waals surface area contributed by atoms with Gasteiger partial charge in [-0.15, -0.1) is 0 Å². The van der Waals surface area contributed by atoms with Crippen LogP contribution in [0.2, 0.25) is 0 Å². The van der Waals surface area contributed by atoms with Gasteiger partial charge in [0.25, 0.3) is 5.91 Å². The van der Waals surface area contributed by atoms with Crippen LogP contribution in [0.1, 0.15) is 18.4 Å². The first-order chi connectivity index (χ1) is 15.1. The lowest BCUT2D eigenvalue weighted by Crippen LogP contribution is -2.36. The van der Waals surface area contributed by atoms with Crippen LogP contribution in [0.25, 0.3) is 16.3 Å². The SMILES string of the molecule is COc1ccc(C=CC(=O)N(CC2CCCO2)c2nc3c(F)cccc3s2)cc1OC. The van der Waals surface area contributed by atoms with E-state index in [4.69, 9.17) is 14.2 Å². The highest BCUT2D eigenvalue weighted by Crippen LogP contribution is 2.32. The van der Waals surface area contributed by atoms with Gasteiger partial charge in [0.2, 0.25) is 0 Å². The van der Waals surface area contributed by atoms with E-state index in [1.54, 1.807) is 49.5 Å². The quantitative estimate of drug-likeness (QED) is 0.498. The molecular weight excluding hydrogens is 419 g/mol. The highest BCUT2D eigenvalue weighted by atomic mass is 32.1. The average Bonchev–Trinajstić information content (AvgIpc) is 3.46. The van der Waals surface area contributed by atoms with Crippen molar-refractivity contribution >= 4 is 38.7 Å². The van der Waals surface area contributed by atoms with Crippen molar-refractivity contribution in [3.05, 3.63) is 53.9 Å². The minimum atomic E-state index is -0.398. The van der Waals surface area contributed by atoms with E-state index >= 15 is 0 Å². The Morgan fingerprint density at radius 2 is 2.13 bits per heavy atom. The van der Waals surface area contributed by atoms with Crippen LogP contribution in [0.5, 0.6) is 11.5 Å². The Hall–Kier alpha value is -2.97. The number of carbonyl (C=O) groups excluding carboxylic acids is 1. The summed E-state index contributed by atoms with van der Waals surface area (Å²) in [4.78, 5) is 19.1. The van der Waals surface area contributed by atoms with Crippen LogP contribution < -0.4 is 14.4 Å². The fourth-order valence-electron chi connectivity index (χ4n) is 3.49. The topological polar surface area (TPSA) is 60.9 Å². The third-order valence-electron chi connectivity index (χ3n) is 5.09. The zero-order valence-electron chi connectivity index (χ0n) is 17.3. The maximum atomic E-state index is 14.2. The molecule has 1 atom stereocenters. The predicted octanol–water partition coefficient (Wildman–Crippen LogP) is 4.68. The lowest BCUT2D eigenvalue weighted by Gasteiger charge is -2.21. The summed E-state index contributed by atoms with van der Waals surface area (Å²) in [6, 6.07) is 10.2. The first-order valence-corrected chi connectivity index (χ1v) is 10.8. The number of thiazole rings is 1. The largest absolute Gasteiger partial charge is 0.493 e. The summed E-state index contributed by atoms with van der Waals surface area (Å²) >= 11 is 1.29. The van der Waals surface area contributed by atoms with Crippen LogP contribution in [-0.2, 0) is 9.53 Å². The number of methoxy groups -OCH3 is 2. The molecule has 1 aliphatic rings. The number of hydrogen-bond donors (Lipinski definition) is 0. The molecule has 0 radical (unpaired) electrons. The number of amides is 1. The smallest absolute Gasteiger partial charge is 0.252 e. The summed E-state index contributed by atoms with van der Waals surface area (Å²) in [7, 11) is 3.13. The number of nitrogens with zero attached hydrogens (tertiary/aromatic N) is 2. The van der Waals surface area contributed by atoms with Crippen molar-refractivity contribution < 1.29 is 23.4 Å². The molecule has 0 aliphatic carbocycles. The molecule has 1 aliphatic heterocycles. The van der Waals surface area contributed by atoms with E-state index < -0.39 is 5.82 Å². The Labute approximate surface area is 183 Å². The lowest BCUT2D eigenvalue weighted by molar-refractivity contribution is -0.114. The molecule has 1 saturated heterocycles. The number of fused-ring (bicyclic) bond motifs is 1. The van der Waals surface area contributed by atoms with E-state index in [-0.39, 0.29) is 17.5 Å². The molecule has 2 aromatic carbocycles. The van der Waals surface area contributed by atoms with Gasteiger partial charge in [0.05, 0.1) is 31.6 Å². The first kappa shape index (κ1) is 21.3. The molecule has 162 valence electrons. The Morgan fingerprint density at radius 1 is 1.29 bits per heavy atom. The molecule has 0 spiro atoms. The summed E-state index contributed by atoms with van der Waals surface area (Å²) in [6.07, 6.45) is 4.97. The van der Waals surface area contributed by atoms with Crippen molar-refractivity contribution in [2.24, 2.45) is 0 Å². The van der Waals surface area contributed by atoms with Gasteiger partial charge in [-0.25, -0.2) is 9.37 Å². The standard InChI is InChI=1S/C23H23FN2O4S/c1-28-18-10-8-15(13-19(18)29-2)9-11-21(27)26(14-16-5-4-12-30-16)23-25-22-17(24)6-3-7-20(22)31-23/h3,6-11,13,16H,4-5,12,14H2,1-2H3. The average molecular weight is 443 g/mol. The van der Waals surface area contributed by atoms with Crippen LogP contribution in [0.15, 0.2) is 42.5 Å². The van der Waals surface area contributed by atoms with Gasteiger partial charge in [0.1, 0.15) is 11.3 Å². The third kappa shape index (κ3) is 4.70. The van der Waals surface area contributed by atoms with E-state index in [0.29, 0.717) is 34.5 Å². The third-order valence-corrected chi connectivity index (χ3v) is 6.14. The monoisotopic (exact) mass is 442 g/mol. The van der Waals surface area contributed by atoms with Crippen molar-refractivity contribution in [3.63, 3.8) is 0 Å². The van der Waals surface area contributed by atoms with Gasteiger partial charge in [0.15, 0.2) is 16.6 Å². The molecule has 8 heteroatoms. The summed E-state index contributed by atoms with van der Waals surface area (Å²) in [5.41, 5.74) is 1.06. The van der Waals surface area contributed by atoms with E-state index in [1.165, 1.54) is 23.5 Å². The van der Waals surface area contributed by atoms with Crippen molar-refractivity contribution in [2.45, 2.75) is 18.9 Å². The lowest BCUT2D eigenvalue weighted by atomic mass is 10.2. The minimum Gasteiger partial charge on any atom is -0.493 e. The summed E-state index contributed by atoms with van der Waals surface area (Å²) in [5.74, 6) is 0.549. The van der Waals surface area contributed by atoms with Crippen LogP contribution in [-0.4, -0.2) is 44.4 Å². The van der Waals surface area contributed by atoms with Gasteiger partial charge in [0, 0.05) is 12.7 Å². The number of carbonyl (C=O) groups is 1. The Bertz CT molecular complexity index is 1110. The second kappa shape index (κ2) is 9.45. The van der Waals surface area contributed by atoms with E-state index in [9.17, 15) is 9.18 Å². The Kier molecular flexibility index (Phi) is 6.48. The van der Waals surface area contributed by atoms with Crippen molar-refractivity contribution in [2.75, 3.05) is 32.3 Å². The van der Waals surface area contributed by atoms with Gasteiger partial charge >= 0.3 is 0 Å². The Balaban J connectivity index is 1.62. The molecule has 0 saturated carbocycles.